The van der Waals surface area contributed by atoms with Crippen LogP contribution in [0.2, 0.25) is 0 Å². The number of hydrogen-bond acceptors (Lipinski definition) is 3. The number of rotatable bonds is 5. The van der Waals surface area contributed by atoms with Gasteiger partial charge in [-0.1, -0.05) is 97.6 Å². The molecule has 0 bridgehead atoms. The van der Waals surface area contributed by atoms with E-state index in [1.54, 1.807) is 16.0 Å². The van der Waals surface area contributed by atoms with E-state index in [4.69, 9.17) is 9.30 Å². The summed E-state index contributed by atoms with van der Waals surface area (Å²) in [5.74, 6) is -0.420. The van der Waals surface area contributed by atoms with Crippen LogP contribution in [-0.4, -0.2) is 5.97 Å². The van der Waals surface area contributed by atoms with Gasteiger partial charge in [-0.25, -0.2) is 4.79 Å². The lowest BCUT2D eigenvalue weighted by atomic mass is 9.80. The molecule has 136 valence electrons. The summed E-state index contributed by atoms with van der Waals surface area (Å²) in [6.45, 7) is 5.41. The second-order valence-electron chi connectivity index (χ2n) is 5.95. The van der Waals surface area contributed by atoms with Crippen molar-refractivity contribution in [3.8, 4) is 0 Å². The predicted octanol–water partition coefficient (Wildman–Crippen LogP) is 5.57. The molecule has 3 rings (SSSR count). The average Bonchev–Trinajstić information content (AvgIpc) is 2.75. The largest absolute Gasteiger partial charge is 0.441 e. The second kappa shape index (κ2) is 9.61. The third-order valence-electron chi connectivity index (χ3n) is 4.14. The van der Waals surface area contributed by atoms with Gasteiger partial charge in [0, 0.05) is 22.3 Å². The van der Waals surface area contributed by atoms with Gasteiger partial charge in [0.2, 0.25) is 0 Å². The van der Waals surface area contributed by atoms with E-state index in [0.29, 0.717) is 5.57 Å². The number of hydrogen-bond donors (Lipinski definition) is 0. The van der Waals surface area contributed by atoms with E-state index in [0.717, 1.165) is 16.7 Å². The van der Waals surface area contributed by atoms with Crippen molar-refractivity contribution in [3.63, 3.8) is 0 Å². The molecule has 0 saturated carbocycles. The number of esters is 1. The van der Waals surface area contributed by atoms with Crippen LogP contribution < -0.4 is 0 Å². The van der Waals surface area contributed by atoms with E-state index in [9.17, 15) is 4.79 Å². The van der Waals surface area contributed by atoms with E-state index in [-0.39, 0.29) is 0 Å². The van der Waals surface area contributed by atoms with E-state index < -0.39 is 11.6 Å². The Hall–Kier alpha value is -3.03. The second-order valence-corrected chi connectivity index (χ2v) is 5.95. The van der Waals surface area contributed by atoms with Crippen molar-refractivity contribution < 1.29 is 14.1 Å². The molecule has 0 aromatic heterocycles. The molecule has 3 aromatic rings. The van der Waals surface area contributed by atoms with Gasteiger partial charge in [-0.05, 0) is 6.92 Å². The molecule has 0 aliphatic heterocycles. The lowest BCUT2D eigenvalue weighted by Gasteiger charge is -2.35. The molecular formula is C23H21O3P. The summed E-state index contributed by atoms with van der Waals surface area (Å²) < 4.78 is 14.2. The van der Waals surface area contributed by atoms with Crippen LogP contribution in [0.1, 0.15) is 23.6 Å². The summed E-state index contributed by atoms with van der Waals surface area (Å²) in [7, 11) is 1.72. The molecule has 0 spiro atoms. The molecule has 0 radical (unpaired) electrons. The fourth-order valence-corrected chi connectivity index (χ4v) is 2.92. The van der Waals surface area contributed by atoms with Crippen molar-refractivity contribution in [2.45, 2.75) is 12.5 Å². The Morgan fingerprint density at radius 3 is 1.30 bits per heavy atom. The Morgan fingerprint density at radius 2 is 1.04 bits per heavy atom. The normalized spacial score (nSPS) is 10.3. The molecular weight excluding hydrogens is 355 g/mol. The van der Waals surface area contributed by atoms with E-state index >= 15 is 0 Å². The monoisotopic (exact) mass is 376 g/mol. The first-order valence-electron chi connectivity index (χ1n) is 8.40. The summed E-state index contributed by atoms with van der Waals surface area (Å²) in [5.41, 5.74) is 2.01. The topological polar surface area (TPSA) is 43.4 Å². The van der Waals surface area contributed by atoms with Gasteiger partial charge in [0.25, 0.3) is 0 Å². The van der Waals surface area contributed by atoms with Crippen molar-refractivity contribution in [2.75, 3.05) is 0 Å². The molecule has 0 atom stereocenters. The van der Waals surface area contributed by atoms with E-state index in [1.807, 2.05) is 91.0 Å². The predicted molar refractivity (Wildman–Crippen MR) is 109 cm³/mol. The number of carbonyl (C=O) groups excluding carboxylic acids is 1. The van der Waals surface area contributed by atoms with Gasteiger partial charge in [-0.2, -0.15) is 0 Å². The van der Waals surface area contributed by atoms with Crippen LogP contribution in [0, 0.1) is 0 Å². The molecule has 0 N–H and O–H groups in total. The molecule has 4 heteroatoms. The van der Waals surface area contributed by atoms with Crippen LogP contribution in [0.4, 0.5) is 0 Å². The van der Waals surface area contributed by atoms with E-state index in [1.165, 1.54) is 0 Å². The summed E-state index contributed by atoms with van der Waals surface area (Å²) >= 11 is 0. The molecule has 0 saturated heterocycles. The molecule has 3 aromatic carbocycles. The Morgan fingerprint density at radius 1 is 0.741 bits per heavy atom. The van der Waals surface area contributed by atoms with E-state index in [2.05, 4.69) is 6.58 Å². The number of carbonyl (C=O) groups is 1. The Kier molecular flexibility index (Phi) is 7.22. The highest BCUT2D eigenvalue weighted by Gasteiger charge is 2.40. The minimum absolute atomic E-state index is 0.368. The highest BCUT2D eigenvalue weighted by atomic mass is 31.0. The van der Waals surface area contributed by atoms with Crippen LogP contribution in [0.15, 0.2) is 103 Å². The van der Waals surface area contributed by atoms with Crippen molar-refractivity contribution in [1.82, 2.24) is 0 Å². The minimum atomic E-state index is -1.03. The molecule has 27 heavy (non-hydrogen) atoms. The highest BCUT2D eigenvalue weighted by Crippen LogP contribution is 2.40. The van der Waals surface area contributed by atoms with Gasteiger partial charge in [0.1, 0.15) is 9.12 Å². The van der Waals surface area contributed by atoms with Gasteiger partial charge < -0.3 is 4.74 Å². The van der Waals surface area contributed by atoms with Crippen molar-refractivity contribution in [3.05, 3.63) is 120 Å². The smallest absolute Gasteiger partial charge is 0.334 e. The molecule has 0 unspecified atom stereocenters. The number of ether oxygens (including phenoxy) is 1. The molecule has 0 amide bonds. The highest BCUT2D eigenvalue weighted by molar-refractivity contribution is 7.00. The number of benzene rings is 3. The summed E-state index contributed by atoms with van der Waals surface area (Å²) in [6.07, 6.45) is 0. The zero-order valence-electron chi connectivity index (χ0n) is 15.1. The SMILES string of the molecule is C=C(C)C(=O)OC(c1ccccc1)(c1ccccc1)c1ccccc1.O=P. The Labute approximate surface area is 161 Å². The third-order valence-corrected chi connectivity index (χ3v) is 4.14. The van der Waals surface area contributed by atoms with Crippen molar-refractivity contribution >= 4 is 15.1 Å². The molecule has 3 nitrogen and oxygen atoms in total. The maximum Gasteiger partial charge on any atom is 0.334 e. The molecule has 0 heterocycles. The quantitative estimate of drug-likeness (QED) is 0.253. The first-order chi connectivity index (χ1) is 13.1. The molecule has 0 aliphatic rings. The molecule has 0 fully saturated rings. The summed E-state index contributed by atoms with van der Waals surface area (Å²) in [5, 5.41) is 0. The minimum Gasteiger partial charge on any atom is -0.441 e. The van der Waals surface area contributed by atoms with Crippen molar-refractivity contribution in [1.29, 1.82) is 0 Å². The van der Waals surface area contributed by atoms with Gasteiger partial charge >= 0.3 is 5.97 Å². The lowest BCUT2D eigenvalue weighted by Crippen LogP contribution is -2.35. The zero-order valence-corrected chi connectivity index (χ0v) is 16.1. The van der Waals surface area contributed by atoms with Crippen LogP contribution in [0.3, 0.4) is 0 Å². The maximum atomic E-state index is 12.6. The third kappa shape index (κ3) is 4.39. The van der Waals surface area contributed by atoms with Gasteiger partial charge in [-0.3, -0.25) is 4.57 Å². The summed E-state index contributed by atoms with van der Waals surface area (Å²) in [4.78, 5) is 12.6. The van der Waals surface area contributed by atoms with Crippen LogP contribution >= 0.6 is 9.12 Å². The first-order valence-corrected chi connectivity index (χ1v) is 8.81. The van der Waals surface area contributed by atoms with Crippen molar-refractivity contribution in [2.24, 2.45) is 0 Å². The fourth-order valence-electron chi connectivity index (χ4n) is 2.92. The Balaban J connectivity index is 0.00000126. The fraction of sp³-hybridized carbons (Fsp3) is 0.0870. The first kappa shape index (κ1) is 20.3. The molecule has 0 aliphatic carbocycles. The maximum absolute atomic E-state index is 12.6. The average molecular weight is 376 g/mol. The van der Waals surface area contributed by atoms with Gasteiger partial charge in [0.15, 0.2) is 5.60 Å². The lowest BCUT2D eigenvalue weighted by molar-refractivity contribution is -0.148. The standard InChI is InChI=1S/C23H20O2.HOP/c1-18(2)22(24)25-23(19-12-6-3-7-13-19,20-14-8-4-9-15-20)21-16-10-5-11-17-21;1-2/h3-17H,1H2,2H3;2H. The van der Waals surface area contributed by atoms with Crippen LogP contribution in [0.5, 0.6) is 0 Å². The van der Waals surface area contributed by atoms with Gasteiger partial charge in [-0.15, -0.1) is 0 Å². The van der Waals surface area contributed by atoms with Crippen LogP contribution in [0.25, 0.3) is 0 Å². The van der Waals surface area contributed by atoms with Gasteiger partial charge in [0.05, 0.1) is 0 Å². The zero-order chi connectivity index (χ0) is 19.7. The Bertz CT molecular complexity index is 781. The van der Waals surface area contributed by atoms with Crippen LogP contribution in [-0.2, 0) is 19.7 Å². The summed E-state index contributed by atoms with van der Waals surface area (Å²) in [6, 6.07) is 29.4.